The summed E-state index contributed by atoms with van der Waals surface area (Å²) in [5.41, 5.74) is 0.573. The molecule has 0 radical (unpaired) electrons. The highest BCUT2D eigenvalue weighted by molar-refractivity contribution is 5.21. The minimum absolute atomic E-state index is 0.0528. The lowest BCUT2D eigenvalue weighted by Gasteiger charge is -2.30. The van der Waals surface area contributed by atoms with Crippen LogP contribution in [0.15, 0.2) is 18.2 Å². The number of nitrogens with one attached hydrogen (secondary N) is 1. The molecule has 0 amide bonds. The van der Waals surface area contributed by atoms with Gasteiger partial charge in [-0.15, -0.1) is 0 Å². The summed E-state index contributed by atoms with van der Waals surface area (Å²) in [5, 5.41) is 3.56. The first kappa shape index (κ1) is 13.0. The molecule has 1 nitrogen and oxygen atoms in total. The highest BCUT2D eigenvalue weighted by Gasteiger charge is 2.42. The Balaban J connectivity index is 1.73. The minimum Gasteiger partial charge on any atom is -0.313 e. The van der Waals surface area contributed by atoms with Crippen LogP contribution in [0.1, 0.15) is 38.2 Å². The highest BCUT2D eigenvalue weighted by atomic mass is 19.1. The average Bonchev–Trinajstić information content (AvgIpc) is 3.24. The molecule has 2 aliphatic carbocycles. The van der Waals surface area contributed by atoms with Gasteiger partial charge in [0.1, 0.15) is 11.6 Å². The van der Waals surface area contributed by atoms with E-state index in [9.17, 15) is 8.78 Å². The van der Waals surface area contributed by atoms with E-state index < -0.39 is 0 Å². The lowest BCUT2D eigenvalue weighted by molar-refractivity contribution is 0.251. The van der Waals surface area contributed by atoms with E-state index >= 15 is 0 Å². The van der Waals surface area contributed by atoms with E-state index in [0.29, 0.717) is 23.9 Å². The molecule has 0 aliphatic heterocycles. The Kier molecular flexibility index (Phi) is 3.34. The molecule has 0 spiro atoms. The Morgan fingerprint density at radius 2 is 1.95 bits per heavy atom. The molecule has 3 heteroatoms. The summed E-state index contributed by atoms with van der Waals surface area (Å²) in [6, 6.07) is 4.45. The quantitative estimate of drug-likeness (QED) is 0.827. The summed E-state index contributed by atoms with van der Waals surface area (Å²) in [6.45, 7) is 3.13. The van der Waals surface area contributed by atoms with Crippen LogP contribution in [0.4, 0.5) is 8.78 Å². The summed E-state index contributed by atoms with van der Waals surface area (Å²) in [6.07, 6.45) is 5.59. The number of hydrogen-bond acceptors (Lipinski definition) is 1. The number of rotatable bonds is 6. The van der Waals surface area contributed by atoms with E-state index in [1.165, 1.54) is 43.9 Å². The molecule has 104 valence electrons. The fraction of sp³-hybridized carbons (Fsp3) is 0.625. The lowest BCUT2D eigenvalue weighted by atomic mass is 9.78. The molecule has 2 fully saturated rings. The molecular weight excluding hydrogens is 244 g/mol. The van der Waals surface area contributed by atoms with Crippen LogP contribution in [-0.2, 0) is 6.42 Å². The van der Waals surface area contributed by atoms with Crippen LogP contribution in [-0.4, -0.2) is 12.6 Å². The highest BCUT2D eigenvalue weighted by Crippen LogP contribution is 2.47. The Morgan fingerprint density at radius 3 is 2.58 bits per heavy atom. The predicted molar refractivity (Wildman–Crippen MR) is 71.9 cm³/mol. The SMILES string of the molecule is CC(CNC1CC1)(Cc1cc(F)ccc1F)C1CC1. The minimum atomic E-state index is -0.343. The molecule has 1 N–H and O–H groups in total. The third-order valence-corrected chi connectivity index (χ3v) is 4.54. The average molecular weight is 265 g/mol. The molecule has 1 atom stereocenters. The molecule has 1 unspecified atom stereocenters. The number of hydrogen-bond donors (Lipinski definition) is 1. The third kappa shape index (κ3) is 3.14. The van der Waals surface area contributed by atoms with Gasteiger partial charge in [0.05, 0.1) is 0 Å². The van der Waals surface area contributed by atoms with Gasteiger partial charge in [0.15, 0.2) is 0 Å². The van der Waals surface area contributed by atoms with E-state index in [0.717, 1.165) is 6.54 Å². The van der Waals surface area contributed by atoms with Gasteiger partial charge in [-0.1, -0.05) is 6.92 Å². The third-order valence-electron chi connectivity index (χ3n) is 4.54. The van der Waals surface area contributed by atoms with Crippen molar-refractivity contribution in [3.05, 3.63) is 35.4 Å². The zero-order chi connectivity index (χ0) is 13.5. The smallest absolute Gasteiger partial charge is 0.126 e. The number of halogens is 2. The van der Waals surface area contributed by atoms with Crippen molar-refractivity contribution in [2.45, 2.75) is 45.1 Å². The van der Waals surface area contributed by atoms with Gasteiger partial charge in [0.2, 0.25) is 0 Å². The molecule has 19 heavy (non-hydrogen) atoms. The first-order valence-corrected chi connectivity index (χ1v) is 7.24. The van der Waals surface area contributed by atoms with Crippen LogP contribution < -0.4 is 5.32 Å². The van der Waals surface area contributed by atoms with Gasteiger partial charge in [0, 0.05) is 12.6 Å². The number of benzene rings is 1. The van der Waals surface area contributed by atoms with Gasteiger partial charge in [-0.05, 0) is 67.2 Å². The maximum Gasteiger partial charge on any atom is 0.126 e. The first-order chi connectivity index (χ1) is 9.07. The van der Waals surface area contributed by atoms with Crippen molar-refractivity contribution >= 4 is 0 Å². The van der Waals surface area contributed by atoms with Crippen molar-refractivity contribution in [2.75, 3.05) is 6.54 Å². The van der Waals surface area contributed by atoms with Crippen molar-refractivity contribution in [1.29, 1.82) is 0 Å². The van der Waals surface area contributed by atoms with E-state index in [1.54, 1.807) is 0 Å². The van der Waals surface area contributed by atoms with E-state index in [4.69, 9.17) is 0 Å². The van der Waals surface area contributed by atoms with Gasteiger partial charge < -0.3 is 5.32 Å². The molecular formula is C16H21F2N. The molecule has 0 saturated heterocycles. The Labute approximate surface area is 113 Å². The van der Waals surface area contributed by atoms with Gasteiger partial charge >= 0.3 is 0 Å². The molecule has 1 aromatic rings. The van der Waals surface area contributed by atoms with Crippen LogP contribution >= 0.6 is 0 Å². The van der Waals surface area contributed by atoms with Crippen LogP contribution in [0, 0.1) is 23.0 Å². The maximum absolute atomic E-state index is 13.8. The summed E-state index contributed by atoms with van der Waals surface area (Å²) >= 11 is 0. The first-order valence-electron chi connectivity index (χ1n) is 7.24. The summed E-state index contributed by atoms with van der Waals surface area (Å²) < 4.78 is 27.1. The monoisotopic (exact) mass is 265 g/mol. The molecule has 2 aliphatic rings. The lowest BCUT2D eigenvalue weighted by Crippen LogP contribution is -2.36. The van der Waals surface area contributed by atoms with Crippen LogP contribution in [0.3, 0.4) is 0 Å². The normalized spacial score (nSPS) is 22.3. The van der Waals surface area contributed by atoms with Crippen LogP contribution in [0.2, 0.25) is 0 Å². The summed E-state index contributed by atoms with van der Waals surface area (Å²) in [7, 11) is 0. The zero-order valence-corrected chi connectivity index (χ0v) is 11.4. The van der Waals surface area contributed by atoms with Crippen molar-refractivity contribution in [3.63, 3.8) is 0 Å². The second-order valence-electron chi connectivity index (χ2n) is 6.50. The largest absolute Gasteiger partial charge is 0.313 e. The van der Waals surface area contributed by atoms with Crippen molar-refractivity contribution < 1.29 is 8.78 Å². The van der Waals surface area contributed by atoms with Gasteiger partial charge in [0.25, 0.3) is 0 Å². The molecule has 0 aromatic heterocycles. The second kappa shape index (κ2) is 4.86. The predicted octanol–water partition coefficient (Wildman–Crippen LogP) is 3.68. The zero-order valence-electron chi connectivity index (χ0n) is 11.4. The Morgan fingerprint density at radius 1 is 1.21 bits per heavy atom. The Bertz CT molecular complexity index is 466. The van der Waals surface area contributed by atoms with Crippen LogP contribution in [0.25, 0.3) is 0 Å². The fourth-order valence-electron chi connectivity index (χ4n) is 2.91. The van der Waals surface area contributed by atoms with Gasteiger partial charge in [-0.25, -0.2) is 8.78 Å². The Hall–Kier alpha value is -0.960. The topological polar surface area (TPSA) is 12.0 Å². The molecule has 3 rings (SSSR count). The maximum atomic E-state index is 13.8. The molecule has 1 aromatic carbocycles. The summed E-state index contributed by atoms with van der Waals surface area (Å²) in [4.78, 5) is 0. The van der Waals surface area contributed by atoms with Crippen LogP contribution in [0.5, 0.6) is 0 Å². The van der Waals surface area contributed by atoms with Gasteiger partial charge in [-0.3, -0.25) is 0 Å². The second-order valence-corrected chi connectivity index (χ2v) is 6.50. The fourth-order valence-corrected chi connectivity index (χ4v) is 2.91. The standard InChI is InChI=1S/C16H21F2N/c1-16(12-2-3-12,10-19-14-5-6-14)9-11-8-13(17)4-7-15(11)18/h4,7-8,12,14,19H,2-3,5-6,9-10H2,1H3. The molecule has 0 heterocycles. The van der Waals surface area contributed by atoms with E-state index in [-0.39, 0.29) is 17.0 Å². The molecule has 2 saturated carbocycles. The van der Waals surface area contributed by atoms with Crippen molar-refractivity contribution in [2.24, 2.45) is 11.3 Å². The van der Waals surface area contributed by atoms with E-state index in [1.807, 2.05) is 0 Å². The van der Waals surface area contributed by atoms with Gasteiger partial charge in [-0.2, -0.15) is 0 Å². The van der Waals surface area contributed by atoms with E-state index in [2.05, 4.69) is 12.2 Å². The van der Waals surface area contributed by atoms with Crippen molar-refractivity contribution in [1.82, 2.24) is 5.32 Å². The van der Waals surface area contributed by atoms with Crippen molar-refractivity contribution in [3.8, 4) is 0 Å². The molecule has 0 bridgehead atoms. The summed E-state index contributed by atoms with van der Waals surface area (Å²) in [5.74, 6) is 0.0332.